The first-order valence-electron chi connectivity index (χ1n) is 4.75. The molecular formula is C10H20O2. The molecule has 0 amide bonds. The van der Waals surface area contributed by atoms with E-state index in [2.05, 4.69) is 20.8 Å². The van der Waals surface area contributed by atoms with Crippen molar-refractivity contribution < 1.29 is 9.84 Å². The molecule has 0 spiro atoms. The highest BCUT2D eigenvalue weighted by Crippen LogP contribution is 2.42. The molecule has 1 saturated carbocycles. The third kappa shape index (κ3) is 1.64. The van der Waals surface area contributed by atoms with Gasteiger partial charge in [-0.1, -0.05) is 20.8 Å². The Bertz CT molecular complexity index is 148. The van der Waals surface area contributed by atoms with Gasteiger partial charge >= 0.3 is 0 Å². The van der Waals surface area contributed by atoms with Crippen LogP contribution in [0.15, 0.2) is 0 Å². The number of ether oxygens (including phenoxy) is 1. The van der Waals surface area contributed by atoms with E-state index in [1.54, 1.807) is 7.11 Å². The van der Waals surface area contributed by atoms with Crippen LogP contribution in [0.4, 0.5) is 0 Å². The fourth-order valence-corrected chi connectivity index (χ4v) is 1.89. The van der Waals surface area contributed by atoms with E-state index in [1.165, 1.54) is 0 Å². The van der Waals surface area contributed by atoms with Crippen molar-refractivity contribution in [3.8, 4) is 0 Å². The van der Waals surface area contributed by atoms with Crippen LogP contribution in [0.2, 0.25) is 0 Å². The average molecular weight is 172 g/mol. The van der Waals surface area contributed by atoms with Crippen molar-refractivity contribution in [3.63, 3.8) is 0 Å². The van der Waals surface area contributed by atoms with E-state index in [9.17, 15) is 5.11 Å². The van der Waals surface area contributed by atoms with E-state index in [1.807, 2.05) is 0 Å². The van der Waals surface area contributed by atoms with Crippen LogP contribution < -0.4 is 0 Å². The summed E-state index contributed by atoms with van der Waals surface area (Å²) in [6.07, 6.45) is 1.90. The van der Waals surface area contributed by atoms with Gasteiger partial charge in [-0.25, -0.2) is 0 Å². The van der Waals surface area contributed by atoms with E-state index in [0.717, 1.165) is 12.8 Å². The van der Waals surface area contributed by atoms with Gasteiger partial charge in [-0.2, -0.15) is 0 Å². The van der Waals surface area contributed by atoms with Crippen LogP contribution in [-0.2, 0) is 4.74 Å². The van der Waals surface area contributed by atoms with Gasteiger partial charge in [-0.15, -0.1) is 0 Å². The minimum absolute atomic E-state index is 0.288. The predicted molar refractivity (Wildman–Crippen MR) is 49.0 cm³/mol. The fourth-order valence-electron chi connectivity index (χ4n) is 1.89. The molecule has 1 unspecified atom stereocenters. The zero-order valence-corrected chi connectivity index (χ0v) is 8.50. The molecule has 0 saturated heterocycles. The van der Waals surface area contributed by atoms with Crippen molar-refractivity contribution in [1.82, 2.24) is 0 Å². The van der Waals surface area contributed by atoms with Gasteiger partial charge in [0.25, 0.3) is 0 Å². The Morgan fingerprint density at radius 1 is 1.33 bits per heavy atom. The van der Waals surface area contributed by atoms with Gasteiger partial charge in [0.15, 0.2) is 0 Å². The minimum atomic E-state index is -0.450. The summed E-state index contributed by atoms with van der Waals surface area (Å²) < 4.78 is 5.15. The molecule has 72 valence electrons. The monoisotopic (exact) mass is 172 g/mol. The maximum atomic E-state index is 10.1. The zero-order chi connectivity index (χ0) is 9.35. The van der Waals surface area contributed by atoms with Crippen molar-refractivity contribution in [2.75, 3.05) is 7.11 Å². The van der Waals surface area contributed by atoms with Crippen molar-refractivity contribution in [1.29, 1.82) is 0 Å². The molecule has 0 aliphatic heterocycles. The lowest BCUT2D eigenvalue weighted by Crippen LogP contribution is -2.53. The van der Waals surface area contributed by atoms with Crippen LogP contribution in [0.3, 0.4) is 0 Å². The molecule has 0 aromatic carbocycles. The van der Waals surface area contributed by atoms with Gasteiger partial charge in [0, 0.05) is 20.0 Å². The number of hydrogen-bond donors (Lipinski definition) is 1. The molecule has 1 atom stereocenters. The van der Waals surface area contributed by atoms with Crippen molar-refractivity contribution in [3.05, 3.63) is 0 Å². The molecular weight excluding hydrogens is 152 g/mol. The van der Waals surface area contributed by atoms with Crippen LogP contribution in [0.25, 0.3) is 0 Å². The molecule has 1 rings (SSSR count). The molecule has 0 heterocycles. The van der Waals surface area contributed by atoms with Gasteiger partial charge in [0.05, 0.1) is 11.7 Å². The normalized spacial score (nSPS) is 38.0. The largest absolute Gasteiger partial charge is 0.389 e. The van der Waals surface area contributed by atoms with Gasteiger partial charge in [-0.3, -0.25) is 0 Å². The highest BCUT2D eigenvalue weighted by atomic mass is 16.5. The third-order valence-electron chi connectivity index (χ3n) is 3.34. The molecule has 1 N–H and O–H groups in total. The number of hydrogen-bond acceptors (Lipinski definition) is 2. The lowest BCUT2D eigenvalue weighted by molar-refractivity contribution is -0.163. The maximum absolute atomic E-state index is 10.1. The summed E-state index contributed by atoms with van der Waals surface area (Å²) in [6.45, 7) is 6.43. The fraction of sp³-hybridized carbons (Fsp3) is 1.00. The van der Waals surface area contributed by atoms with E-state index in [0.29, 0.717) is 11.8 Å². The van der Waals surface area contributed by atoms with Crippen LogP contribution in [0.1, 0.15) is 33.6 Å². The second kappa shape index (κ2) is 3.35. The summed E-state index contributed by atoms with van der Waals surface area (Å²) in [6, 6.07) is 0. The van der Waals surface area contributed by atoms with Gasteiger partial charge < -0.3 is 9.84 Å². The van der Waals surface area contributed by atoms with Gasteiger partial charge in [-0.05, 0) is 11.8 Å². The second-order valence-corrected chi connectivity index (χ2v) is 4.40. The molecule has 12 heavy (non-hydrogen) atoms. The van der Waals surface area contributed by atoms with E-state index < -0.39 is 5.60 Å². The highest BCUT2D eigenvalue weighted by molar-refractivity contribution is 4.99. The number of rotatable bonds is 3. The number of aliphatic hydroxyl groups is 1. The Labute approximate surface area is 74.9 Å². The van der Waals surface area contributed by atoms with Crippen molar-refractivity contribution >= 4 is 0 Å². The molecule has 1 fully saturated rings. The predicted octanol–water partition coefficient (Wildman–Crippen LogP) is 1.82. The average Bonchev–Trinajstić information content (AvgIpc) is 1.96. The molecule has 0 aromatic heterocycles. The maximum Gasteiger partial charge on any atom is 0.0725 e. The molecule has 1 aliphatic rings. The summed E-state index contributed by atoms with van der Waals surface area (Å²) in [4.78, 5) is 0. The minimum Gasteiger partial charge on any atom is -0.389 e. The van der Waals surface area contributed by atoms with Gasteiger partial charge in [0.2, 0.25) is 0 Å². The first-order valence-corrected chi connectivity index (χ1v) is 4.75. The quantitative estimate of drug-likeness (QED) is 0.703. The topological polar surface area (TPSA) is 29.5 Å². The summed E-state index contributed by atoms with van der Waals surface area (Å²) in [7, 11) is 1.71. The summed E-state index contributed by atoms with van der Waals surface area (Å²) >= 11 is 0. The first-order chi connectivity index (χ1) is 5.49. The first kappa shape index (κ1) is 10.0. The summed E-state index contributed by atoms with van der Waals surface area (Å²) in [5.41, 5.74) is -0.450. The van der Waals surface area contributed by atoms with Gasteiger partial charge in [0.1, 0.15) is 0 Å². The Morgan fingerprint density at radius 2 is 1.83 bits per heavy atom. The standard InChI is InChI=1S/C10H20O2/c1-7(2)8(3)10(11)5-9(6-10)12-4/h7-9,11H,5-6H2,1-4H3. The lowest BCUT2D eigenvalue weighted by atomic mass is 9.66. The Morgan fingerprint density at radius 3 is 2.17 bits per heavy atom. The van der Waals surface area contributed by atoms with Crippen LogP contribution in [0.5, 0.6) is 0 Å². The van der Waals surface area contributed by atoms with Crippen molar-refractivity contribution in [2.24, 2.45) is 11.8 Å². The number of methoxy groups -OCH3 is 1. The van der Waals surface area contributed by atoms with E-state index >= 15 is 0 Å². The second-order valence-electron chi connectivity index (χ2n) is 4.40. The summed E-state index contributed by atoms with van der Waals surface area (Å²) in [5, 5.41) is 10.1. The lowest BCUT2D eigenvalue weighted by Gasteiger charge is -2.48. The molecule has 1 aliphatic carbocycles. The van der Waals surface area contributed by atoms with Crippen LogP contribution >= 0.6 is 0 Å². The molecule has 2 nitrogen and oxygen atoms in total. The summed E-state index contributed by atoms with van der Waals surface area (Å²) in [5.74, 6) is 0.928. The highest BCUT2D eigenvalue weighted by Gasteiger charge is 2.47. The molecule has 0 radical (unpaired) electrons. The molecule has 2 heteroatoms. The van der Waals surface area contributed by atoms with Crippen LogP contribution in [0, 0.1) is 11.8 Å². The molecule has 0 aromatic rings. The zero-order valence-electron chi connectivity index (χ0n) is 8.50. The van der Waals surface area contributed by atoms with E-state index in [4.69, 9.17) is 4.74 Å². The Balaban J connectivity index is 2.43. The Kier molecular flexibility index (Phi) is 2.79. The Hall–Kier alpha value is -0.0800. The smallest absolute Gasteiger partial charge is 0.0725 e. The van der Waals surface area contributed by atoms with E-state index in [-0.39, 0.29) is 6.10 Å². The SMILES string of the molecule is COC1CC(O)(C(C)C(C)C)C1. The van der Waals surface area contributed by atoms with Crippen LogP contribution in [-0.4, -0.2) is 23.9 Å². The van der Waals surface area contributed by atoms with Crippen molar-refractivity contribution in [2.45, 2.75) is 45.3 Å². The third-order valence-corrected chi connectivity index (χ3v) is 3.34. The molecule has 0 bridgehead atoms.